The van der Waals surface area contributed by atoms with E-state index >= 15 is 0 Å². The van der Waals surface area contributed by atoms with Gasteiger partial charge in [-0.1, -0.05) is 78.1 Å². The van der Waals surface area contributed by atoms with Crippen LogP contribution in [0.5, 0.6) is 0 Å². The van der Waals surface area contributed by atoms with Gasteiger partial charge in [-0.3, -0.25) is 0 Å². The summed E-state index contributed by atoms with van der Waals surface area (Å²) in [6.45, 7) is 6.19. The average molecular weight is 427 g/mol. The van der Waals surface area contributed by atoms with Gasteiger partial charge in [-0.05, 0) is 24.0 Å². The highest BCUT2D eigenvalue weighted by molar-refractivity contribution is 6.66. The second kappa shape index (κ2) is 7.26. The summed E-state index contributed by atoms with van der Waals surface area (Å²) in [5.74, 6) is 0.807. The highest BCUT2D eigenvalue weighted by Crippen LogP contribution is 2.41. The molecular weight excluding hydrogens is 409 g/mol. The van der Waals surface area contributed by atoms with E-state index in [-0.39, 0.29) is 17.8 Å². The third kappa shape index (κ3) is 3.88. The number of benzene rings is 1. The van der Waals surface area contributed by atoms with Gasteiger partial charge in [-0.15, -0.1) is 0 Å². The number of aromatic nitrogens is 4. The molecule has 0 bridgehead atoms. The first-order valence-electron chi connectivity index (χ1n) is 8.22. The lowest BCUT2D eigenvalue weighted by Crippen LogP contribution is -2.31. The Labute approximate surface area is 172 Å². The minimum atomic E-state index is -1.76. The number of nitrogen functional groups attached to an aromatic ring is 1. The van der Waals surface area contributed by atoms with E-state index in [1.165, 1.54) is 0 Å². The lowest BCUT2D eigenvalue weighted by molar-refractivity contribution is 0.338. The number of rotatable bonds is 4. The minimum absolute atomic E-state index is 0.0509. The monoisotopic (exact) mass is 425 g/mol. The largest absolute Gasteiger partial charge is 0.368 e. The Balaban J connectivity index is 1.99. The number of alkyl halides is 3. The molecule has 6 nitrogen and oxygen atoms in total. The number of hydrogen-bond donors (Lipinski definition) is 1. The molecular formula is C18H18Cl3N5O. The van der Waals surface area contributed by atoms with E-state index < -0.39 is 9.21 Å². The summed E-state index contributed by atoms with van der Waals surface area (Å²) in [5.41, 5.74) is 7.86. The van der Waals surface area contributed by atoms with Gasteiger partial charge in [0.25, 0.3) is 9.68 Å². The van der Waals surface area contributed by atoms with Crippen molar-refractivity contribution in [2.45, 2.75) is 30.0 Å². The van der Waals surface area contributed by atoms with E-state index in [0.717, 1.165) is 16.7 Å². The molecule has 1 unspecified atom stereocenters. The van der Waals surface area contributed by atoms with Crippen molar-refractivity contribution in [3.63, 3.8) is 0 Å². The maximum Gasteiger partial charge on any atom is 0.278 e. The molecule has 27 heavy (non-hydrogen) atoms. The standard InChI is InChI=1S/C18H18Cl3N5O/c1-10(2)17(3,14-25-15(27-26-14)18(19,20)21)13-6-4-11(5-7-13)12-8-23-16(22)24-9-12/h4-10H,1-3H3,(H2,22,23,24). The molecule has 0 radical (unpaired) electrons. The van der Waals surface area contributed by atoms with Crippen LogP contribution < -0.4 is 5.73 Å². The van der Waals surface area contributed by atoms with Crippen LogP contribution in [0, 0.1) is 5.92 Å². The zero-order valence-electron chi connectivity index (χ0n) is 14.9. The smallest absolute Gasteiger partial charge is 0.278 e. The van der Waals surface area contributed by atoms with Crippen molar-refractivity contribution in [2.24, 2.45) is 5.92 Å². The predicted molar refractivity (Wildman–Crippen MR) is 107 cm³/mol. The predicted octanol–water partition coefficient (Wildman–Crippen LogP) is 4.90. The van der Waals surface area contributed by atoms with Crippen LogP contribution in [-0.4, -0.2) is 20.1 Å². The SMILES string of the molecule is CC(C)C(C)(c1ccc(-c2cnc(N)nc2)cc1)c1noc(C(Cl)(Cl)Cl)n1. The van der Waals surface area contributed by atoms with Crippen LogP contribution in [0.2, 0.25) is 0 Å². The van der Waals surface area contributed by atoms with Crippen LogP contribution in [0.4, 0.5) is 5.95 Å². The summed E-state index contributed by atoms with van der Waals surface area (Å²) < 4.78 is 3.40. The van der Waals surface area contributed by atoms with Crippen LogP contribution in [0.3, 0.4) is 0 Å². The van der Waals surface area contributed by atoms with Crippen LogP contribution >= 0.6 is 34.8 Å². The fourth-order valence-electron chi connectivity index (χ4n) is 2.77. The van der Waals surface area contributed by atoms with Gasteiger partial charge in [0, 0.05) is 18.0 Å². The fraction of sp³-hybridized carbons (Fsp3) is 0.333. The molecule has 9 heteroatoms. The molecule has 0 aliphatic carbocycles. The Morgan fingerprint density at radius 3 is 2.07 bits per heavy atom. The Bertz CT molecular complexity index is 919. The van der Waals surface area contributed by atoms with Gasteiger partial charge in [0.15, 0.2) is 5.82 Å². The molecule has 2 N–H and O–H groups in total. The number of nitrogens with zero attached hydrogens (tertiary/aromatic N) is 4. The van der Waals surface area contributed by atoms with Crippen molar-refractivity contribution in [3.05, 3.63) is 53.9 Å². The fourth-order valence-corrected chi connectivity index (χ4v) is 3.00. The zero-order valence-corrected chi connectivity index (χ0v) is 17.2. The van der Waals surface area contributed by atoms with Crippen LogP contribution in [0.25, 0.3) is 11.1 Å². The summed E-state index contributed by atoms with van der Waals surface area (Å²) in [6.07, 6.45) is 3.37. The summed E-state index contributed by atoms with van der Waals surface area (Å²) in [4.78, 5) is 12.4. The third-order valence-electron chi connectivity index (χ3n) is 4.78. The van der Waals surface area contributed by atoms with Gasteiger partial charge in [-0.2, -0.15) is 4.98 Å². The molecule has 0 saturated heterocycles. The topological polar surface area (TPSA) is 90.7 Å². The van der Waals surface area contributed by atoms with E-state index in [0.29, 0.717) is 5.82 Å². The Hall–Kier alpha value is -1.89. The van der Waals surface area contributed by atoms with E-state index in [9.17, 15) is 0 Å². The number of halogens is 3. The van der Waals surface area contributed by atoms with Crippen LogP contribution in [0.15, 0.2) is 41.2 Å². The van der Waals surface area contributed by atoms with Gasteiger partial charge in [0.1, 0.15) is 0 Å². The lowest BCUT2D eigenvalue weighted by atomic mass is 9.72. The molecule has 0 aliphatic rings. The molecule has 0 fully saturated rings. The first kappa shape index (κ1) is 19.9. The second-order valence-electron chi connectivity index (χ2n) is 6.69. The maximum absolute atomic E-state index is 5.86. The molecule has 2 heterocycles. The van der Waals surface area contributed by atoms with Crippen molar-refractivity contribution in [3.8, 4) is 11.1 Å². The van der Waals surface area contributed by atoms with E-state index in [2.05, 4.69) is 34.0 Å². The molecule has 3 rings (SSSR count). The molecule has 3 aromatic rings. The molecule has 0 aliphatic heterocycles. The molecule has 0 saturated carbocycles. The molecule has 2 aromatic heterocycles. The van der Waals surface area contributed by atoms with E-state index in [1.54, 1.807) is 12.4 Å². The molecule has 142 valence electrons. The van der Waals surface area contributed by atoms with Gasteiger partial charge >= 0.3 is 0 Å². The van der Waals surface area contributed by atoms with Gasteiger partial charge in [-0.25, -0.2) is 9.97 Å². The normalized spacial score (nSPS) is 14.3. The summed E-state index contributed by atoms with van der Waals surface area (Å²) in [7, 11) is 0. The minimum Gasteiger partial charge on any atom is -0.368 e. The maximum atomic E-state index is 5.86. The first-order valence-corrected chi connectivity index (χ1v) is 9.35. The highest BCUT2D eigenvalue weighted by atomic mass is 35.6. The Kier molecular flexibility index (Phi) is 5.34. The average Bonchev–Trinajstić information content (AvgIpc) is 3.13. The first-order chi connectivity index (χ1) is 12.6. The summed E-state index contributed by atoms with van der Waals surface area (Å²) in [6, 6.07) is 8.00. The van der Waals surface area contributed by atoms with Crippen LogP contribution in [0.1, 0.15) is 38.0 Å². The molecule has 0 amide bonds. The molecule has 1 aromatic carbocycles. The van der Waals surface area contributed by atoms with Crippen molar-refractivity contribution in [1.29, 1.82) is 0 Å². The lowest BCUT2D eigenvalue weighted by Gasteiger charge is -2.31. The summed E-state index contributed by atoms with van der Waals surface area (Å²) in [5, 5.41) is 4.07. The van der Waals surface area contributed by atoms with Gasteiger partial charge < -0.3 is 10.3 Å². The van der Waals surface area contributed by atoms with Crippen molar-refractivity contribution in [1.82, 2.24) is 20.1 Å². The quantitative estimate of drug-likeness (QED) is 0.597. The van der Waals surface area contributed by atoms with E-state index in [4.69, 9.17) is 45.1 Å². The number of anilines is 1. The summed E-state index contributed by atoms with van der Waals surface area (Å²) >= 11 is 17.6. The zero-order chi connectivity index (χ0) is 19.8. The second-order valence-corrected chi connectivity index (χ2v) is 8.97. The third-order valence-corrected chi connectivity index (χ3v) is 5.26. The van der Waals surface area contributed by atoms with Gasteiger partial charge in [0.05, 0.1) is 5.41 Å². The van der Waals surface area contributed by atoms with Crippen LogP contribution in [-0.2, 0) is 9.21 Å². The van der Waals surface area contributed by atoms with Crippen molar-refractivity contribution >= 4 is 40.8 Å². The van der Waals surface area contributed by atoms with E-state index in [1.807, 2.05) is 31.2 Å². The van der Waals surface area contributed by atoms with Gasteiger partial charge in [0.2, 0.25) is 5.95 Å². The number of nitrogens with two attached hydrogens (primary N) is 1. The Morgan fingerprint density at radius 1 is 1.00 bits per heavy atom. The highest BCUT2D eigenvalue weighted by Gasteiger charge is 2.40. The number of hydrogen-bond acceptors (Lipinski definition) is 6. The molecule has 1 atom stereocenters. The Morgan fingerprint density at radius 2 is 1.59 bits per heavy atom. The van der Waals surface area contributed by atoms with Crippen molar-refractivity contribution < 1.29 is 4.52 Å². The molecule has 0 spiro atoms. The van der Waals surface area contributed by atoms with Crippen molar-refractivity contribution in [2.75, 3.05) is 5.73 Å².